The molecule has 5 heteroatoms. The summed E-state index contributed by atoms with van der Waals surface area (Å²) in [7, 11) is 1.91. The van der Waals surface area contributed by atoms with Crippen LogP contribution in [-0.2, 0) is 4.74 Å². The summed E-state index contributed by atoms with van der Waals surface area (Å²) in [6.45, 7) is 12.3. The molecular weight excluding hydrogens is 252 g/mol. The molecule has 0 bridgehead atoms. The lowest BCUT2D eigenvalue weighted by Crippen LogP contribution is -2.46. The third kappa shape index (κ3) is 3.03. The van der Waals surface area contributed by atoms with Gasteiger partial charge in [-0.25, -0.2) is 9.97 Å². The second kappa shape index (κ2) is 5.95. The van der Waals surface area contributed by atoms with Gasteiger partial charge in [0.25, 0.3) is 0 Å². The number of nitrogens with zero attached hydrogens (tertiary/aromatic N) is 3. The van der Waals surface area contributed by atoms with E-state index in [4.69, 9.17) is 9.72 Å². The van der Waals surface area contributed by atoms with Crippen LogP contribution < -0.4 is 10.2 Å². The summed E-state index contributed by atoms with van der Waals surface area (Å²) in [6, 6.07) is 0. The minimum absolute atomic E-state index is 0.230. The van der Waals surface area contributed by atoms with Gasteiger partial charge in [-0.3, -0.25) is 0 Å². The summed E-state index contributed by atoms with van der Waals surface area (Å²) in [5.41, 5.74) is 1.11. The van der Waals surface area contributed by atoms with Gasteiger partial charge in [-0.1, -0.05) is 13.8 Å². The molecule has 1 aliphatic heterocycles. The summed E-state index contributed by atoms with van der Waals surface area (Å²) in [5, 5.41) is 3.18. The third-order valence-corrected chi connectivity index (χ3v) is 3.61. The molecule has 0 aliphatic carbocycles. The number of morpholine rings is 1. The summed E-state index contributed by atoms with van der Waals surface area (Å²) < 4.78 is 5.81. The normalized spacial score (nSPS) is 23.2. The van der Waals surface area contributed by atoms with Gasteiger partial charge in [-0.05, 0) is 20.8 Å². The molecule has 112 valence electrons. The van der Waals surface area contributed by atoms with E-state index in [1.165, 1.54) is 0 Å². The van der Waals surface area contributed by atoms with Crippen LogP contribution in [0.25, 0.3) is 0 Å². The topological polar surface area (TPSA) is 50.3 Å². The first-order chi connectivity index (χ1) is 9.42. The number of hydrogen-bond acceptors (Lipinski definition) is 5. The average Bonchev–Trinajstić information content (AvgIpc) is 2.37. The number of nitrogens with one attached hydrogen (secondary N) is 1. The van der Waals surface area contributed by atoms with E-state index in [1.54, 1.807) is 0 Å². The molecule has 2 unspecified atom stereocenters. The van der Waals surface area contributed by atoms with Gasteiger partial charge in [-0.2, -0.15) is 0 Å². The minimum atomic E-state index is 0.230. The van der Waals surface area contributed by atoms with Crippen molar-refractivity contribution < 1.29 is 4.74 Å². The zero-order chi connectivity index (χ0) is 14.9. The second-order valence-electron chi connectivity index (χ2n) is 5.95. The van der Waals surface area contributed by atoms with Crippen LogP contribution in [0.2, 0.25) is 0 Å². The van der Waals surface area contributed by atoms with Crippen molar-refractivity contribution in [2.24, 2.45) is 0 Å². The molecule has 2 atom stereocenters. The van der Waals surface area contributed by atoms with Crippen molar-refractivity contribution in [2.75, 3.05) is 30.4 Å². The molecule has 5 nitrogen and oxygen atoms in total. The van der Waals surface area contributed by atoms with Crippen molar-refractivity contribution in [2.45, 2.75) is 52.7 Å². The SMILES string of the molecule is CNc1nc(C(C)C)nc(N2CC(C)OC(C)C2)c1C. The molecule has 2 heterocycles. The predicted octanol–water partition coefficient (Wildman–Crippen LogP) is 2.56. The van der Waals surface area contributed by atoms with Crippen LogP contribution >= 0.6 is 0 Å². The molecule has 0 saturated carbocycles. The zero-order valence-electron chi connectivity index (χ0n) is 13.4. The van der Waals surface area contributed by atoms with Crippen molar-refractivity contribution in [3.8, 4) is 0 Å². The fourth-order valence-electron chi connectivity index (χ4n) is 2.68. The van der Waals surface area contributed by atoms with E-state index in [0.717, 1.165) is 36.1 Å². The standard InChI is InChI=1S/C15H26N4O/c1-9(2)13-17-14(16-6)12(5)15(18-13)19-7-10(3)20-11(4)8-19/h9-11H,7-8H2,1-6H3,(H,16,17,18). The van der Waals surface area contributed by atoms with E-state index in [1.807, 2.05) is 7.05 Å². The molecule has 20 heavy (non-hydrogen) atoms. The maximum absolute atomic E-state index is 5.81. The molecule has 1 aromatic rings. The van der Waals surface area contributed by atoms with E-state index in [2.05, 4.69) is 49.8 Å². The Kier molecular flexibility index (Phi) is 4.48. The highest BCUT2D eigenvalue weighted by Crippen LogP contribution is 2.28. The highest BCUT2D eigenvalue weighted by Gasteiger charge is 2.26. The lowest BCUT2D eigenvalue weighted by molar-refractivity contribution is -0.00550. The van der Waals surface area contributed by atoms with Gasteiger partial charge < -0.3 is 15.0 Å². The Morgan fingerprint density at radius 2 is 1.80 bits per heavy atom. The fourth-order valence-corrected chi connectivity index (χ4v) is 2.68. The molecular formula is C15H26N4O. The van der Waals surface area contributed by atoms with Gasteiger partial charge in [0, 0.05) is 31.6 Å². The molecule has 0 radical (unpaired) electrons. The van der Waals surface area contributed by atoms with Crippen molar-refractivity contribution in [3.63, 3.8) is 0 Å². The first-order valence-corrected chi connectivity index (χ1v) is 7.39. The van der Waals surface area contributed by atoms with E-state index in [-0.39, 0.29) is 12.2 Å². The van der Waals surface area contributed by atoms with Crippen LogP contribution in [0.3, 0.4) is 0 Å². The molecule has 1 fully saturated rings. The first-order valence-electron chi connectivity index (χ1n) is 7.39. The molecule has 0 amide bonds. The number of anilines is 2. The Morgan fingerprint density at radius 1 is 1.20 bits per heavy atom. The minimum Gasteiger partial charge on any atom is -0.373 e. The van der Waals surface area contributed by atoms with Crippen LogP contribution in [-0.4, -0.2) is 42.3 Å². The highest BCUT2D eigenvalue weighted by molar-refractivity contribution is 5.59. The van der Waals surface area contributed by atoms with E-state index < -0.39 is 0 Å². The summed E-state index contributed by atoms with van der Waals surface area (Å²) in [5.74, 6) is 3.17. The largest absolute Gasteiger partial charge is 0.373 e. The molecule has 0 spiro atoms. The smallest absolute Gasteiger partial charge is 0.137 e. The molecule has 0 aromatic carbocycles. The van der Waals surface area contributed by atoms with E-state index in [9.17, 15) is 0 Å². The molecule has 1 aromatic heterocycles. The van der Waals surface area contributed by atoms with Gasteiger partial charge in [-0.15, -0.1) is 0 Å². The molecule has 1 aliphatic rings. The number of rotatable bonds is 3. The average molecular weight is 278 g/mol. The van der Waals surface area contributed by atoms with Gasteiger partial charge in [0.15, 0.2) is 0 Å². The Morgan fingerprint density at radius 3 is 2.30 bits per heavy atom. The molecule has 1 N–H and O–H groups in total. The second-order valence-corrected chi connectivity index (χ2v) is 5.95. The lowest BCUT2D eigenvalue weighted by atomic mass is 10.1. The monoisotopic (exact) mass is 278 g/mol. The van der Waals surface area contributed by atoms with Gasteiger partial charge in [0.05, 0.1) is 12.2 Å². The number of ether oxygens (including phenoxy) is 1. The van der Waals surface area contributed by atoms with E-state index in [0.29, 0.717) is 5.92 Å². The van der Waals surface area contributed by atoms with Crippen molar-refractivity contribution in [1.82, 2.24) is 9.97 Å². The third-order valence-electron chi connectivity index (χ3n) is 3.61. The van der Waals surface area contributed by atoms with Crippen LogP contribution in [0.1, 0.15) is 45.0 Å². The molecule has 2 rings (SSSR count). The maximum Gasteiger partial charge on any atom is 0.137 e. The quantitative estimate of drug-likeness (QED) is 0.921. The van der Waals surface area contributed by atoms with Crippen LogP contribution in [0.4, 0.5) is 11.6 Å². The Hall–Kier alpha value is -1.36. The predicted molar refractivity (Wildman–Crippen MR) is 82.6 cm³/mol. The highest BCUT2D eigenvalue weighted by atomic mass is 16.5. The Labute approximate surface area is 121 Å². The number of aromatic nitrogens is 2. The van der Waals surface area contributed by atoms with Crippen molar-refractivity contribution in [1.29, 1.82) is 0 Å². The Bertz CT molecular complexity index is 465. The van der Waals surface area contributed by atoms with Crippen LogP contribution in [0, 0.1) is 6.92 Å². The van der Waals surface area contributed by atoms with Gasteiger partial charge in [0.2, 0.25) is 0 Å². The zero-order valence-corrected chi connectivity index (χ0v) is 13.4. The van der Waals surface area contributed by atoms with Crippen molar-refractivity contribution in [3.05, 3.63) is 11.4 Å². The summed E-state index contributed by atoms with van der Waals surface area (Å²) >= 11 is 0. The van der Waals surface area contributed by atoms with Gasteiger partial charge >= 0.3 is 0 Å². The summed E-state index contributed by atoms with van der Waals surface area (Å²) in [6.07, 6.45) is 0.460. The van der Waals surface area contributed by atoms with Crippen molar-refractivity contribution >= 4 is 11.6 Å². The fraction of sp³-hybridized carbons (Fsp3) is 0.733. The maximum atomic E-state index is 5.81. The number of hydrogen-bond donors (Lipinski definition) is 1. The Balaban J connectivity index is 2.41. The van der Waals surface area contributed by atoms with Gasteiger partial charge in [0.1, 0.15) is 17.5 Å². The van der Waals surface area contributed by atoms with Crippen LogP contribution in [0.15, 0.2) is 0 Å². The molecule has 1 saturated heterocycles. The summed E-state index contributed by atoms with van der Waals surface area (Å²) in [4.78, 5) is 11.7. The van der Waals surface area contributed by atoms with Crippen LogP contribution in [0.5, 0.6) is 0 Å². The lowest BCUT2D eigenvalue weighted by Gasteiger charge is -2.37. The van der Waals surface area contributed by atoms with E-state index >= 15 is 0 Å². The first kappa shape index (κ1) is 15.0.